The second-order valence-electron chi connectivity index (χ2n) is 7.54. The lowest BCUT2D eigenvalue weighted by Gasteiger charge is -2.33. The third kappa shape index (κ3) is 3.36. The Kier molecular flexibility index (Phi) is 4.82. The molecule has 1 saturated heterocycles. The van der Waals surface area contributed by atoms with Crippen molar-refractivity contribution >= 4 is 16.7 Å². The van der Waals surface area contributed by atoms with Crippen molar-refractivity contribution in [2.24, 2.45) is 5.92 Å². The monoisotopic (exact) mass is 373 g/mol. The molecule has 0 aliphatic carbocycles. The molecule has 0 unspecified atom stereocenters. The molecule has 1 aliphatic rings. The molecule has 0 bridgehead atoms. The van der Waals surface area contributed by atoms with E-state index in [9.17, 15) is 10.1 Å². The van der Waals surface area contributed by atoms with Crippen LogP contribution in [0.5, 0.6) is 0 Å². The molecule has 3 heterocycles. The summed E-state index contributed by atoms with van der Waals surface area (Å²) in [6, 6.07) is 11.7. The standard InChI is InChI=1S/C22H23N5O/c1-15-11-16(2)25-21(19(15)12-23)26-9-7-17(8-10-26)13-27-14-24-20-6-4-3-5-18(20)22(27)28/h3-6,11,14,17H,7-10,13H2,1-2H3. The zero-order valence-electron chi connectivity index (χ0n) is 16.2. The van der Waals surface area contributed by atoms with Gasteiger partial charge in [-0.1, -0.05) is 12.1 Å². The van der Waals surface area contributed by atoms with E-state index < -0.39 is 0 Å². The molecule has 1 aromatic carbocycles. The van der Waals surface area contributed by atoms with Crippen molar-refractivity contribution < 1.29 is 0 Å². The summed E-state index contributed by atoms with van der Waals surface area (Å²) in [5.41, 5.74) is 3.33. The summed E-state index contributed by atoms with van der Waals surface area (Å²) < 4.78 is 1.73. The molecule has 6 nitrogen and oxygen atoms in total. The number of pyridine rings is 1. The van der Waals surface area contributed by atoms with Crippen LogP contribution in [0.15, 0.2) is 41.5 Å². The third-order valence-corrected chi connectivity index (χ3v) is 5.54. The Morgan fingerprint density at radius 1 is 1.21 bits per heavy atom. The SMILES string of the molecule is Cc1cc(C)c(C#N)c(N2CCC(Cn3cnc4ccccc4c3=O)CC2)n1. The van der Waals surface area contributed by atoms with Gasteiger partial charge in [-0.25, -0.2) is 9.97 Å². The summed E-state index contributed by atoms with van der Waals surface area (Å²) >= 11 is 0. The maximum absolute atomic E-state index is 12.7. The molecule has 0 N–H and O–H groups in total. The minimum atomic E-state index is 0.0239. The number of nitrogens with zero attached hydrogens (tertiary/aromatic N) is 5. The van der Waals surface area contributed by atoms with Crippen molar-refractivity contribution in [1.29, 1.82) is 5.26 Å². The maximum Gasteiger partial charge on any atom is 0.261 e. The van der Waals surface area contributed by atoms with Gasteiger partial charge in [0.25, 0.3) is 5.56 Å². The maximum atomic E-state index is 12.7. The lowest BCUT2D eigenvalue weighted by Crippen LogP contribution is -2.37. The molecule has 1 fully saturated rings. The predicted octanol–water partition coefficient (Wildman–Crippen LogP) is 3.20. The molecule has 4 rings (SSSR count). The molecule has 28 heavy (non-hydrogen) atoms. The highest BCUT2D eigenvalue weighted by molar-refractivity contribution is 5.76. The van der Waals surface area contributed by atoms with Crippen LogP contribution >= 0.6 is 0 Å². The quantitative estimate of drug-likeness (QED) is 0.705. The van der Waals surface area contributed by atoms with Gasteiger partial charge in [0, 0.05) is 25.3 Å². The second-order valence-corrected chi connectivity index (χ2v) is 7.54. The number of aromatic nitrogens is 3. The molecule has 0 atom stereocenters. The van der Waals surface area contributed by atoms with E-state index in [1.54, 1.807) is 10.9 Å². The van der Waals surface area contributed by atoms with Crippen LogP contribution in [0.2, 0.25) is 0 Å². The van der Waals surface area contributed by atoms with E-state index in [-0.39, 0.29) is 5.56 Å². The fourth-order valence-electron chi connectivity index (χ4n) is 4.03. The lowest BCUT2D eigenvalue weighted by molar-refractivity contribution is 0.351. The van der Waals surface area contributed by atoms with Crippen molar-refractivity contribution in [2.45, 2.75) is 33.2 Å². The van der Waals surface area contributed by atoms with E-state index in [0.717, 1.165) is 48.5 Å². The lowest BCUT2D eigenvalue weighted by atomic mass is 9.96. The topological polar surface area (TPSA) is 74.8 Å². The van der Waals surface area contributed by atoms with Gasteiger partial charge in [-0.15, -0.1) is 0 Å². The van der Waals surface area contributed by atoms with Gasteiger partial charge in [-0.3, -0.25) is 9.36 Å². The fraction of sp³-hybridized carbons (Fsp3) is 0.364. The molecule has 2 aromatic heterocycles. The normalized spacial score (nSPS) is 15.0. The van der Waals surface area contributed by atoms with Gasteiger partial charge in [0.1, 0.15) is 11.9 Å². The van der Waals surface area contributed by atoms with Crippen molar-refractivity contribution in [3.8, 4) is 6.07 Å². The zero-order chi connectivity index (χ0) is 19.7. The number of aryl methyl sites for hydroxylation is 2. The predicted molar refractivity (Wildman–Crippen MR) is 109 cm³/mol. The highest BCUT2D eigenvalue weighted by atomic mass is 16.1. The fourth-order valence-corrected chi connectivity index (χ4v) is 4.03. The number of benzene rings is 1. The first-order chi connectivity index (χ1) is 13.6. The zero-order valence-corrected chi connectivity index (χ0v) is 16.2. The minimum Gasteiger partial charge on any atom is -0.355 e. The van der Waals surface area contributed by atoms with Crippen LogP contribution in [0, 0.1) is 31.1 Å². The molecule has 0 amide bonds. The van der Waals surface area contributed by atoms with Crippen LogP contribution in [0.3, 0.4) is 0 Å². The van der Waals surface area contributed by atoms with E-state index in [1.165, 1.54) is 0 Å². The molecule has 0 spiro atoms. The molecule has 1 aliphatic heterocycles. The van der Waals surface area contributed by atoms with E-state index >= 15 is 0 Å². The van der Waals surface area contributed by atoms with Crippen LogP contribution in [0.1, 0.15) is 29.7 Å². The highest BCUT2D eigenvalue weighted by Gasteiger charge is 2.23. The van der Waals surface area contributed by atoms with Gasteiger partial charge in [-0.2, -0.15) is 5.26 Å². The number of hydrogen-bond donors (Lipinski definition) is 0. The Bertz CT molecular complexity index is 1120. The molecule has 0 saturated carbocycles. The van der Waals surface area contributed by atoms with E-state index in [0.29, 0.717) is 23.4 Å². The smallest absolute Gasteiger partial charge is 0.261 e. The average molecular weight is 373 g/mol. The van der Waals surface area contributed by atoms with Crippen LogP contribution in [0.25, 0.3) is 10.9 Å². The molecule has 0 radical (unpaired) electrons. The van der Waals surface area contributed by atoms with Gasteiger partial charge in [-0.05, 0) is 56.4 Å². The summed E-state index contributed by atoms with van der Waals surface area (Å²) in [7, 11) is 0. The first-order valence-corrected chi connectivity index (χ1v) is 9.64. The van der Waals surface area contributed by atoms with Crippen molar-refractivity contribution in [3.63, 3.8) is 0 Å². The number of piperidine rings is 1. The van der Waals surface area contributed by atoms with Crippen molar-refractivity contribution in [3.05, 3.63) is 63.8 Å². The summed E-state index contributed by atoms with van der Waals surface area (Å²) in [4.78, 5) is 24.0. The first-order valence-electron chi connectivity index (χ1n) is 9.64. The molecule has 6 heteroatoms. The van der Waals surface area contributed by atoms with Crippen LogP contribution in [0.4, 0.5) is 5.82 Å². The molecular formula is C22H23N5O. The Balaban J connectivity index is 1.49. The summed E-state index contributed by atoms with van der Waals surface area (Å²) in [5, 5.41) is 10.2. The number of para-hydroxylation sites is 1. The second kappa shape index (κ2) is 7.43. The van der Waals surface area contributed by atoms with Crippen LogP contribution < -0.4 is 10.5 Å². The van der Waals surface area contributed by atoms with Crippen molar-refractivity contribution in [2.75, 3.05) is 18.0 Å². The average Bonchev–Trinajstić information content (AvgIpc) is 2.70. The van der Waals surface area contributed by atoms with E-state index in [4.69, 9.17) is 0 Å². The molecule has 3 aromatic rings. The summed E-state index contributed by atoms with van der Waals surface area (Å²) in [6.45, 7) is 6.28. The number of anilines is 1. The summed E-state index contributed by atoms with van der Waals surface area (Å²) in [5.74, 6) is 1.20. The van der Waals surface area contributed by atoms with Crippen molar-refractivity contribution in [1.82, 2.24) is 14.5 Å². The molecular weight excluding hydrogens is 350 g/mol. The highest BCUT2D eigenvalue weighted by Crippen LogP contribution is 2.27. The van der Waals surface area contributed by atoms with E-state index in [1.807, 2.05) is 44.2 Å². The Morgan fingerprint density at radius 3 is 2.71 bits per heavy atom. The van der Waals surface area contributed by atoms with Gasteiger partial charge < -0.3 is 4.90 Å². The third-order valence-electron chi connectivity index (χ3n) is 5.54. The first kappa shape index (κ1) is 18.2. The van der Waals surface area contributed by atoms with Crippen LogP contribution in [-0.2, 0) is 6.54 Å². The summed E-state index contributed by atoms with van der Waals surface area (Å²) in [6.07, 6.45) is 3.58. The van der Waals surface area contributed by atoms with Gasteiger partial charge in [0.2, 0.25) is 0 Å². The Morgan fingerprint density at radius 2 is 1.96 bits per heavy atom. The molecule has 142 valence electrons. The van der Waals surface area contributed by atoms with Gasteiger partial charge in [0.05, 0.1) is 22.8 Å². The number of fused-ring (bicyclic) bond motifs is 1. The number of rotatable bonds is 3. The van der Waals surface area contributed by atoms with Crippen LogP contribution in [-0.4, -0.2) is 27.6 Å². The minimum absolute atomic E-state index is 0.0239. The Labute approximate surface area is 164 Å². The van der Waals surface area contributed by atoms with Gasteiger partial charge in [0.15, 0.2) is 0 Å². The number of nitriles is 1. The Hall–Kier alpha value is -3.20. The van der Waals surface area contributed by atoms with Gasteiger partial charge >= 0.3 is 0 Å². The number of hydrogen-bond acceptors (Lipinski definition) is 5. The van der Waals surface area contributed by atoms with E-state index in [2.05, 4.69) is 20.9 Å². The largest absolute Gasteiger partial charge is 0.355 e.